The third kappa shape index (κ3) is 1.86. The van der Waals surface area contributed by atoms with Crippen LogP contribution in [-0.2, 0) is 0 Å². The Morgan fingerprint density at radius 1 is 1.39 bits per heavy atom. The van der Waals surface area contributed by atoms with Gasteiger partial charge in [-0.25, -0.2) is 15.8 Å². The average Bonchev–Trinajstić information content (AvgIpc) is 2.92. The van der Waals surface area contributed by atoms with Gasteiger partial charge in [0.2, 0.25) is 0 Å². The first-order valence-electron chi connectivity index (χ1n) is 6.11. The van der Waals surface area contributed by atoms with E-state index in [1.807, 2.05) is 0 Å². The molecule has 7 heteroatoms. The van der Waals surface area contributed by atoms with Crippen LogP contribution in [0.5, 0.6) is 0 Å². The number of hydrogen-bond donors (Lipinski definition) is 3. The number of nitrogen functional groups attached to an aromatic ring is 1. The summed E-state index contributed by atoms with van der Waals surface area (Å²) in [6.45, 7) is 1.80. The summed E-state index contributed by atoms with van der Waals surface area (Å²) >= 11 is 3.47. The molecular formula is C11H16BrN5O. The lowest BCUT2D eigenvalue weighted by Crippen LogP contribution is -2.26. The summed E-state index contributed by atoms with van der Waals surface area (Å²) in [5.74, 6) is 7.79. The zero-order valence-electron chi connectivity index (χ0n) is 9.88. The van der Waals surface area contributed by atoms with E-state index in [-0.39, 0.29) is 6.10 Å². The zero-order valence-corrected chi connectivity index (χ0v) is 11.5. The number of aliphatic hydroxyl groups is 1. The highest BCUT2D eigenvalue weighted by Gasteiger charge is 2.42. The van der Waals surface area contributed by atoms with Crippen molar-refractivity contribution in [1.82, 2.24) is 9.97 Å². The number of aromatic nitrogens is 2. The molecule has 2 fully saturated rings. The predicted molar refractivity (Wildman–Crippen MR) is 72.0 cm³/mol. The topological polar surface area (TPSA) is 87.3 Å². The zero-order chi connectivity index (χ0) is 12.7. The van der Waals surface area contributed by atoms with Crippen molar-refractivity contribution < 1.29 is 5.11 Å². The Labute approximate surface area is 114 Å². The lowest BCUT2D eigenvalue weighted by Gasteiger charge is -2.21. The first-order chi connectivity index (χ1) is 8.70. The van der Waals surface area contributed by atoms with Crippen LogP contribution in [0.25, 0.3) is 0 Å². The van der Waals surface area contributed by atoms with E-state index >= 15 is 0 Å². The number of fused-ring (bicyclic) bond motifs is 1. The van der Waals surface area contributed by atoms with Crippen molar-refractivity contribution >= 4 is 27.6 Å². The highest BCUT2D eigenvalue weighted by Crippen LogP contribution is 2.41. The molecule has 2 heterocycles. The molecule has 0 spiro atoms. The second-order valence-corrected chi connectivity index (χ2v) is 5.77. The number of hydrazine groups is 1. The second kappa shape index (κ2) is 4.64. The van der Waals surface area contributed by atoms with E-state index in [1.54, 1.807) is 0 Å². The number of nitrogens with one attached hydrogen (secondary N) is 1. The van der Waals surface area contributed by atoms with Gasteiger partial charge in [-0.2, -0.15) is 0 Å². The molecule has 0 aromatic carbocycles. The lowest BCUT2D eigenvalue weighted by molar-refractivity contribution is 0.133. The van der Waals surface area contributed by atoms with Gasteiger partial charge >= 0.3 is 0 Å². The summed E-state index contributed by atoms with van der Waals surface area (Å²) in [4.78, 5) is 10.6. The van der Waals surface area contributed by atoms with Crippen LogP contribution in [-0.4, -0.2) is 34.3 Å². The first-order valence-corrected chi connectivity index (χ1v) is 6.90. The number of nitrogens with zero attached hydrogens (tertiary/aromatic N) is 3. The van der Waals surface area contributed by atoms with Gasteiger partial charge in [0.1, 0.15) is 16.6 Å². The van der Waals surface area contributed by atoms with Gasteiger partial charge < -0.3 is 15.4 Å². The standard InChI is InChI=1S/C11H16BrN5O/c12-9-10(16-13)14-5-15-11(9)17-3-6-1-2-8(18)7(6)4-17/h5-8,18H,1-4,13H2,(H,14,15,16). The van der Waals surface area contributed by atoms with E-state index in [1.165, 1.54) is 6.33 Å². The molecule has 0 radical (unpaired) electrons. The summed E-state index contributed by atoms with van der Waals surface area (Å²) in [6.07, 6.45) is 3.38. The molecule has 3 atom stereocenters. The number of nitrogens with two attached hydrogens (primary N) is 1. The van der Waals surface area contributed by atoms with Crippen LogP contribution < -0.4 is 16.2 Å². The predicted octanol–water partition coefficient (Wildman–Crippen LogP) is 0.732. The van der Waals surface area contributed by atoms with Crippen LogP contribution in [0.4, 0.5) is 11.6 Å². The van der Waals surface area contributed by atoms with Crippen LogP contribution >= 0.6 is 15.9 Å². The quantitative estimate of drug-likeness (QED) is 0.551. The molecular weight excluding hydrogens is 298 g/mol. The number of halogens is 1. The molecule has 0 bridgehead atoms. The third-order valence-electron chi connectivity index (χ3n) is 4.03. The molecule has 1 saturated carbocycles. The molecule has 6 nitrogen and oxygen atoms in total. The summed E-state index contributed by atoms with van der Waals surface area (Å²) in [5, 5.41) is 9.93. The van der Waals surface area contributed by atoms with Gasteiger partial charge in [0.15, 0.2) is 5.82 Å². The summed E-state index contributed by atoms with van der Waals surface area (Å²) in [5.41, 5.74) is 2.54. The van der Waals surface area contributed by atoms with Crippen molar-refractivity contribution in [3.05, 3.63) is 10.8 Å². The summed E-state index contributed by atoms with van der Waals surface area (Å²) in [6, 6.07) is 0. The monoisotopic (exact) mass is 313 g/mol. The number of anilines is 2. The summed E-state index contributed by atoms with van der Waals surface area (Å²) < 4.78 is 0.780. The van der Waals surface area contributed by atoms with Crippen molar-refractivity contribution in [3.8, 4) is 0 Å². The van der Waals surface area contributed by atoms with Crippen LogP contribution in [0.2, 0.25) is 0 Å². The fourth-order valence-corrected chi connectivity index (χ4v) is 3.66. The van der Waals surface area contributed by atoms with Crippen molar-refractivity contribution in [3.63, 3.8) is 0 Å². The van der Waals surface area contributed by atoms with Crippen LogP contribution in [0, 0.1) is 11.8 Å². The molecule has 1 aliphatic heterocycles. The van der Waals surface area contributed by atoms with Gasteiger partial charge in [-0.05, 0) is 34.7 Å². The Hall–Kier alpha value is -0.920. The van der Waals surface area contributed by atoms with Gasteiger partial charge in [0.05, 0.1) is 6.10 Å². The maximum Gasteiger partial charge on any atom is 0.159 e. The van der Waals surface area contributed by atoms with Crippen LogP contribution in [0.1, 0.15) is 12.8 Å². The molecule has 1 aromatic rings. The minimum Gasteiger partial charge on any atom is -0.393 e. The molecule has 4 N–H and O–H groups in total. The van der Waals surface area contributed by atoms with Gasteiger partial charge in [0.25, 0.3) is 0 Å². The Morgan fingerprint density at radius 2 is 2.22 bits per heavy atom. The van der Waals surface area contributed by atoms with Crippen molar-refractivity contribution in [1.29, 1.82) is 0 Å². The Kier molecular flexibility index (Phi) is 3.13. The van der Waals surface area contributed by atoms with Gasteiger partial charge in [-0.1, -0.05) is 0 Å². The Morgan fingerprint density at radius 3 is 2.94 bits per heavy atom. The molecule has 2 aliphatic rings. The second-order valence-electron chi connectivity index (χ2n) is 4.98. The van der Waals surface area contributed by atoms with Crippen molar-refractivity contribution in [2.24, 2.45) is 17.7 Å². The number of rotatable bonds is 2. The normalized spacial score (nSPS) is 30.6. The largest absolute Gasteiger partial charge is 0.393 e. The summed E-state index contributed by atoms with van der Waals surface area (Å²) in [7, 11) is 0. The smallest absolute Gasteiger partial charge is 0.159 e. The van der Waals surface area contributed by atoms with E-state index in [0.29, 0.717) is 17.7 Å². The van der Waals surface area contributed by atoms with Gasteiger partial charge in [-0.3, -0.25) is 0 Å². The SMILES string of the molecule is NNc1ncnc(N2CC3CCC(O)C3C2)c1Br. The molecule has 1 saturated heterocycles. The highest BCUT2D eigenvalue weighted by atomic mass is 79.9. The van der Waals surface area contributed by atoms with Gasteiger partial charge in [-0.15, -0.1) is 0 Å². The van der Waals surface area contributed by atoms with E-state index in [4.69, 9.17) is 5.84 Å². The van der Waals surface area contributed by atoms with E-state index in [9.17, 15) is 5.11 Å². The Balaban J connectivity index is 1.85. The Bertz CT molecular complexity index is 457. The molecule has 18 heavy (non-hydrogen) atoms. The fraction of sp³-hybridized carbons (Fsp3) is 0.636. The van der Waals surface area contributed by atoms with E-state index in [2.05, 4.69) is 36.2 Å². The number of hydrogen-bond acceptors (Lipinski definition) is 6. The fourth-order valence-electron chi connectivity index (χ4n) is 3.09. The minimum atomic E-state index is -0.160. The van der Waals surface area contributed by atoms with Crippen molar-refractivity contribution in [2.45, 2.75) is 18.9 Å². The van der Waals surface area contributed by atoms with Gasteiger partial charge in [0, 0.05) is 19.0 Å². The number of aliphatic hydroxyl groups excluding tert-OH is 1. The molecule has 1 aromatic heterocycles. The van der Waals surface area contributed by atoms with Crippen LogP contribution in [0.15, 0.2) is 10.8 Å². The van der Waals surface area contributed by atoms with Crippen LogP contribution in [0.3, 0.4) is 0 Å². The minimum absolute atomic E-state index is 0.160. The average molecular weight is 314 g/mol. The highest BCUT2D eigenvalue weighted by molar-refractivity contribution is 9.10. The molecule has 3 unspecified atom stereocenters. The molecule has 98 valence electrons. The van der Waals surface area contributed by atoms with Crippen molar-refractivity contribution in [2.75, 3.05) is 23.4 Å². The maximum absolute atomic E-state index is 9.93. The third-order valence-corrected chi connectivity index (χ3v) is 4.76. The first kappa shape index (κ1) is 12.1. The lowest BCUT2D eigenvalue weighted by atomic mass is 10.00. The maximum atomic E-state index is 9.93. The van der Waals surface area contributed by atoms with E-state index in [0.717, 1.165) is 36.2 Å². The van der Waals surface area contributed by atoms with E-state index < -0.39 is 0 Å². The molecule has 0 amide bonds. The molecule has 3 rings (SSSR count). The molecule has 1 aliphatic carbocycles.